The van der Waals surface area contributed by atoms with Crippen LogP contribution in [0.2, 0.25) is 0 Å². The lowest BCUT2D eigenvalue weighted by molar-refractivity contribution is -0.0251. The third-order valence-corrected chi connectivity index (χ3v) is 2.31. The molecule has 2 unspecified atom stereocenters. The molecule has 66 valence electrons. The molecule has 1 saturated carbocycles. The van der Waals surface area contributed by atoms with E-state index < -0.39 is 0 Å². The molecule has 11 heavy (non-hydrogen) atoms. The van der Waals surface area contributed by atoms with Crippen molar-refractivity contribution in [3.8, 4) is 0 Å². The molecule has 2 atom stereocenters. The molecule has 0 aromatic heterocycles. The Morgan fingerprint density at radius 3 is 2.64 bits per heavy atom. The second-order valence-electron chi connectivity index (χ2n) is 3.10. The summed E-state index contributed by atoms with van der Waals surface area (Å²) in [5.74, 6) is 0. The van der Waals surface area contributed by atoms with Gasteiger partial charge in [0.05, 0.1) is 12.2 Å². The Balaban J connectivity index is 2.21. The van der Waals surface area contributed by atoms with Gasteiger partial charge < -0.3 is 9.47 Å². The molecule has 2 nitrogen and oxygen atoms in total. The molecule has 1 aliphatic carbocycles. The van der Waals surface area contributed by atoms with Crippen molar-refractivity contribution in [3.63, 3.8) is 0 Å². The highest BCUT2D eigenvalue weighted by molar-refractivity contribution is 4.73. The van der Waals surface area contributed by atoms with Crippen molar-refractivity contribution >= 4 is 0 Å². The fourth-order valence-corrected chi connectivity index (χ4v) is 1.70. The molecule has 0 N–H and O–H groups in total. The summed E-state index contributed by atoms with van der Waals surface area (Å²) >= 11 is 0. The standard InChI is InChI=1S/C9H18O2/c1-3-11-9-6-4-5-8(7-9)10-2/h8-9H,3-7H2,1-2H3. The largest absolute Gasteiger partial charge is 0.381 e. The maximum Gasteiger partial charge on any atom is 0.0599 e. The van der Waals surface area contributed by atoms with Crippen LogP contribution in [-0.2, 0) is 9.47 Å². The highest BCUT2D eigenvalue weighted by Crippen LogP contribution is 2.22. The first-order chi connectivity index (χ1) is 5.36. The van der Waals surface area contributed by atoms with E-state index in [1.807, 2.05) is 0 Å². The molecule has 0 amide bonds. The van der Waals surface area contributed by atoms with Crippen molar-refractivity contribution in [2.75, 3.05) is 13.7 Å². The van der Waals surface area contributed by atoms with Crippen LogP contribution in [-0.4, -0.2) is 25.9 Å². The summed E-state index contributed by atoms with van der Waals surface area (Å²) in [5, 5.41) is 0. The van der Waals surface area contributed by atoms with E-state index >= 15 is 0 Å². The Labute approximate surface area is 68.9 Å². The summed E-state index contributed by atoms with van der Waals surface area (Å²) in [6, 6.07) is 0. The number of ether oxygens (including phenoxy) is 2. The van der Waals surface area contributed by atoms with Crippen LogP contribution < -0.4 is 0 Å². The van der Waals surface area contributed by atoms with Crippen molar-refractivity contribution < 1.29 is 9.47 Å². The Bertz CT molecular complexity index is 102. The average molecular weight is 158 g/mol. The van der Waals surface area contributed by atoms with Gasteiger partial charge in [-0.3, -0.25) is 0 Å². The Morgan fingerprint density at radius 1 is 1.27 bits per heavy atom. The minimum absolute atomic E-state index is 0.445. The van der Waals surface area contributed by atoms with E-state index in [2.05, 4.69) is 6.92 Å². The molecule has 0 aliphatic heterocycles. The second kappa shape index (κ2) is 4.73. The fraction of sp³-hybridized carbons (Fsp3) is 1.00. The van der Waals surface area contributed by atoms with Crippen molar-refractivity contribution in [1.82, 2.24) is 0 Å². The lowest BCUT2D eigenvalue weighted by atomic mass is 9.95. The maximum absolute atomic E-state index is 5.53. The molecule has 0 spiro atoms. The predicted octanol–water partition coefficient (Wildman–Crippen LogP) is 1.98. The molecule has 0 radical (unpaired) electrons. The van der Waals surface area contributed by atoms with Gasteiger partial charge in [0.15, 0.2) is 0 Å². The van der Waals surface area contributed by atoms with Crippen LogP contribution in [0, 0.1) is 0 Å². The van der Waals surface area contributed by atoms with E-state index in [4.69, 9.17) is 9.47 Å². The van der Waals surface area contributed by atoms with Crippen LogP contribution in [0.1, 0.15) is 32.6 Å². The number of rotatable bonds is 3. The van der Waals surface area contributed by atoms with Gasteiger partial charge in [-0.2, -0.15) is 0 Å². The molecule has 0 heterocycles. The van der Waals surface area contributed by atoms with Crippen LogP contribution in [0.5, 0.6) is 0 Å². The van der Waals surface area contributed by atoms with Gasteiger partial charge in [-0.1, -0.05) is 0 Å². The molecule has 0 saturated heterocycles. The zero-order valence-corrected chi connectivity index (χ0v) is 7.51. The third-order valence-electron chi connectivity index (χ3n) is 2.31. The SMILES string of the molecule is CCOC1CCCC(OC)C1. The van der Waals surface area contributed by atoms with Gasteiger partial charge in [-0.05, 0) is 32.6 Å². The first-order valence-electron chi connectivity index (χ1n) is 4.51. The van der Waals surface area contributed by atoms with Crippen LogP contribution in [0.15, 0.2) is 0 Å². The minimum Gasteiger partial charge on any atom is -0.381 e. The number of methoxy groups -OCH3 is 1. The fourth-order valence-electron chi connectivity index (χ4n) is 1.70. The van der Waals surface area contributed by atoms with E-state index in [-0.39, 0.29) is 0 Å². The van der Waals surface area contributed by atoms with Crippen LogP contribution in [0.25, 0.3) is 0 Å². The van der Waals surface area contributed by atoms with E-state index in [0.29, 0.717) is 12.2 Å². The van der Waals surface area contributed by atoms with Gasteiger partial charge in [0.1, 0.15) is 0 Å². The van der Waals surface area contributed by atoms with Gasteiger partial charge in [0.25, 0.3) is 0 Å². The highest BCUT2D eigenvalue weighted by atomic mass is 16.5. The summed E-state index contributed by atoms with van der Waals surface area (Å²) in [6.45, 7) is 2.89. The van der Waals surface area contributed by atoms with Crippen LogP contribution >= 0.6 is 0 Å². The van der Waals surface area contributed by atoms with Crippen molar-refractivity contribution in [3.05, 3.63) is 0 Å². The smallest absolute Gasteiger partial charge is 0.0599 e. The summed E-state index contributed by atoms with van der Waals surface area (Å²) in [7, 11) is 1.79. The molecule has 1 rings (SSSR count). The number of hydrogen-bond acceptors (Lipinski definition) is 2. The zero-order valence-electron chi connectivity index (χ0n) is 7.51. The third kappa shape index (κ3) is 2.80. The van der Waals surface area contributed by atoms with Gasteiger partial charge in [-0.25, -0.2) is 0 Å². The van der Waals surface area contributed by atoms with Gasteiger partial charge in [0, 0.05) is 13.7 Å². The monoisotopic (exact) mass is 158 g/mol. The van der Waals surface area contributed by atoms with E-state index in [9.17, 15) is 0 Å². The minimum atomic E-state index is 0.445. The Morgan fingerprint density at radius 2 is 2.00 bits per heavy atom. The molecular weight excluding hydrogens is 140 g/mol. The lowest BCUT2D eigenvalue weighted by Crippen LogP contribution is -2.27. The highest BCUT2D eigenvalue weighted by Gasteiger charge is 2.21. The van der Waals surface area contributed by atoms with Crippen molar-refractivity contribution in [1.29, 1.82) is 0 Å². The first kappa shape index (κ1) is 9.01. The van der Waals surface area contributed by atoms with Crippen molar-refractivity contribution in [2.45, 2.75) is 44.8 Å². The van der Waals surface area contributed by atoms with Gasteiger partial charge in [0.2, 0.25) is 0 Å². The number of hydrogen-bond donors (Lipinski definition) is 0. The molecule has 0 bridgehead atoms. The van der Waals surface area contributed by atoms with E-state index in [1.54, 1.807) is 7.11 Å². The summed E-state index contributed by atoms with van der Waals surface area (Å²) in [4.78, 5) is 0. The van der Waals surface area contributed by atoms with E-state index in [1.165, 1.54) is 19.3 Å². The van der Waals surface area contributed by atoms with E-state index in [0.717, 1.165) is 13.0 Å². The van der Waals surface area contributed by atoms with Crippen molar-refractivity contribution in [2.24, 2.45) is 0 Å². The molecule has 1 fully saturated rings. The van der Waals surface area contributed by atoms with Gasteiger partial charge >= 0.3 is 0 Å². The summed E-state index contributed by atoms with van der Waals surface area (Å²) < 4.78 is 10.8. The Kier molecular flexibility index (Phi) is 3.87. The zero-order chi connectivity index (χ0) is 8.10. The first-order valence-corrected chi connectivity index (χ1v) is 4.51. The predicted molar refractivity (Wildman–Crippen MR) is 44.7 cm³/mol. The maximum atomic E-state index is 5.53. The molecule has 0 aromatic carbocycles. The quantitative estimate of drug-likeness (QED) is 0.625. The summed E-state index contributed by atoms with van der Waals surface area (Å²) in [5.41, 5.74) is 0. The average Bonchev–Trinajstić information content (AvgIpc) is 2.06. The topological polar surface area (TPSA) is 18.5 Å². The normalized spacial score (nSPS) is 32.2. The van der Waals surface area contributed by atoms with Crippen LogP contribution in [0.3, 0.4) is 0 Å². The van der Waals surface area contributed by atoms with Gasteiger partial charge in [-0.15, -0.1) is 0 Å². The summed E-state index contributed by atoms with van der Waals surface area (Å²) in [6.07, 6.45) is 5.67. The molecule has 0 aromatic rings. The molecule has 1 aliphatic rings. The Hall–Kier alpha value is -0.0800. The second-order valence-corrected chi connectivity index (χ2v) is 3.10. The molecular formula is C9H18O2. The molecule has 2 heteroatoms. The lowest BCUT2D eigenvalue weighted by Gasteiger charge is -2.27. The van der Waals surface area contributed by atoms with Crippen LogP contribution in [0.4, 0.5) is 0 Å².